The van der Waals surface area contributed by atoms with E-state index in [2.05, 4.69) is 15.5 Å². The van der Waals surface area contributed by atoms with Crippen molar-refractivity contribution in [1.29, 1.82) is 0 Å². The van der Waals surface area contributed by atoms with Crippen LogP contribution in [0.4, 0.5) is 5.13 Å². The molecule has 122 valence electrons. The van der Waals surface area contributed by atoms with Crippen molar-refractivity contribution < 1.29 is 14.6 Å². The molecule has 1 aromatic heterocycles. The molecule has 0 atom stereocenters. The Morgan fingerprint density at radius 1 is 1.25 bits per heavy atom. The Morgan fingerprint density at radius 3 is 2.79 bits per heavy atom. The van der Waals surface area contributed by atoms with Gasteiger partial charge >= 0.3 is 5.97 Å². The number of rotatable bonds is 7. The first-order valence-corrected chi connectivity index (χ1v) is 8.09. The minimum atomic E-state index is -0.993. The van der Waals surface area contributed by atoms with Crippen molar-refractivity contribution in [3.8, 4) is 5.75 Å². The smallest absolute Gasteiger partial charge is 0.341 e. The van der Waals surface area contributed by atoms with E-state index in [1.807, 2.05) is 36.4 Å². The number of anilines is 1. The van der Waals surface area contributed by atoms with E-state index in [9.17, 15) is 4.79 Å². The average molecular weight is 341 g/mol. The molecule has 0 aliphatic heterocycles. The van der Waals surface area contributed by atoms with Gasteiger partial charge in [-0.25, -0.2) is 9.78 Å². The van der Waals surface area contributed by atoms with E-state index < -0.39 is 5.97 Å². The molecule has 3 rings (SSSR count). The Hall–Kier alpha value is -2.93. The first-order chi connectivity index (χ1) is 11.7. The molecule has 24 heavy (non-hydrogen) atoms. The fourth-order valence-electron chi connectivity index (χ4n) is 2.04. The molecule has 0 spiro atoms. The molecule has 6 nitrogen and oxygen atoms in total. The highest BCUT2D eigenvalue weighted by molar-refractivity contribution is 7.22. The van der Waals surface area contributed by atoms with Gasteiger partial charge in [0, 0.05) is 12.6 Å². The third kappa shape index (κ3) is 4.30. The lowest BCUT2D eigenvalue weighted by Crippen LogP contribution is -2.09. The number of carboxylic acid groups (broad SMARTS) is 1. The summed E-state index contributed by atoms with van der Waals surface area (Å²) >= 11 is 1.55. The van der Waals surface area contributed by atoms with Crippen LogP contribution in [0.1, 0.15) is 5.56 Å². The molecule has 0 aliphatic rings. The third-order valence-corrected chi connectivity index (χ3v) is 4.10. The lowest BCUT2D eigenvalue weighted by Gasteiger charge is -2.03. The summed E-state index contributed by atoms with van der Waals surface area (Å²) in [6.45, 7) is -0.340. The monoisotopic (exact) mass is 341 g/mol. The number of benzene rings is 2. The molecular formula is C17H15N3O3S. The van der Waals surface area contributed by atoms with Crippen LogP contribution < -0.4 is 10.2 Å². The molecule has 0 radical (unpaired) electrons. The van der Waals surface area contributed by atoms with Crippen molar-refractivity contribution in [3.63, 3.8) is 0 Å². The Morgan fingerprint density at radius 2 is 2.04 bits per heavy atom. The Labute approximate surface area is 142 Å². The highest BCUT2D eigenvalue weighted by Gasteiger charge is 2.01. The van der Waals surface area contributed by atoms with Crippen molar-refractivity contribution in [2.75, 3.05) is 12.0 Å². The molecule has 0 aliphatic carbocycles. The Kier molecular flexibility index (Phi) is 5.02. The molecule has 3 aromatic rings. The zero-order valence-corrected chi connectivity index (χ0v) is 13.5. The van der Waals surface area contributed by atoms with Crippen molar-refractivity contribution >= 4 is 38.9 Å². The topological polar surface area (TPSA) is 83.8 Å². The number of fused-ring (bicyclic) bond motifs is 1. The number of hydrogen-bond donors (Lipinski definition) is 2. The number of hydrazone groups is 1. The first kappa shape index (κ1) is 15.9. The fourth-order valence-corrected chi connectivity index (χ4v) is 2.85. The van der Waals surface area contributed by atoms with Gasteiger partial charge in [0.15, 0.2) is 6.61 Å². The van der Waals surface area contributed by atoms with Crippen LogP contribution in [0.25, 0.3) is 10.2 Å². The molecule has 0 amide bonds. The Balaban J connectivity index is 1.51. The van der Waals surface area contributed by atoms with E-state index in [1.54, 1.807) is 29.7 Å². The van der Waals surface area contributed by atoms with E-state index >= 15 is 0 Å². The number of carboxylic acids is 1. The quantitative estimate of drug-likeness (QED) is 0.508. The van der Waals surface area contributed by atoms with E-state index in [-0.39, 0.29) is 6.61 Å². The van der Waals surface area contributed by atoms with Crippen LogP contribution in [0.2, 0.25) is 0 Å². The lowest BCUT2D eigenvalue weighted by atomic mass is 10.2. The van der Waals surface area contributed by atoms with Crippen LogP contribution >= 0.6 is 11.3 Å². The molecule has 0 fully saturated rings. The second-order valence-corrected chi connectivity index (χ2v) is 5.97. The zero-order chi connectivity index (χ0) is 16.8. The van der Waals surface area contributed by atoms with Gasteiger partial charge < -0.3 is 9.84 Å². The van der Waals surface area contributed by atoms with Crippen molar-refractivity contribution in [2.45, 2.75) is 6.42 Å². The predicted octanol–water partition coefficient (Wildman–Crippen LogP) is 3.40. The maximum absolute atomic E-state index is 10.4. The number of nitrogens with one attached hydrogen (secondary N) is 1. The van der Waals surface area contributed by atoms with Crippen LogP contribution in [-0.2, 0) is 11.2 Å². The summed E-state index contributed by atoms with van der Waals surface area (Å²) in [6, 6.07) is 15.2. The van der Waals surface area contributed by atoms with Gasteiger partial charge in [-0.2, -0.15) is 5.10 Å². The zero-order valence-electron chi connectivity index (χ0n) is 12.7. The van der Waals surface area contributed by atoms with Gasteiger partial charge in [-0.05, 0) is 29.8 Å². The molecule has 0 saturated carbocycles. The number of carbonyl (C=O) groups is 1. The maximum atomic E-state index is 10.4. The lowest BCUT2D eigenvalue weighted by molar-refractivity contribution is -0.139. The summed E-state index contributed by atoms with van der Waals surface area (Å²) in [6.07, 6.45) is 2.41. The number of ether oxygens (including phenoxy) is 1. The predicted molar refractivity (Wildman–Crippen MR) is 95.0 cm³/mol. The normalized spacial score (nSPS) is 11.0. The summed E-state index contributed by atoms with van der Waals surface area (Å²) in [4.78, 5) is 14.9. The van der Waals surface area contributed by atoms with Gasteiger partial charge in [0.1, 0.15) is 5.75 Å². The molecule has 2 aromatic carbocycles. The van der Waals surface area contributed by atoms with Crippen molar-refractivity contribution in [2.24, 2.45) is 5.10 Å². The van der Waals surface area contributed by atoms with Crippen LogP contribution in [0, 0.1) is 0 Å². The highest BCUT2D eigenvalue weighted by atomic mass is 32.1. The van der Waals surface area contributed by atoms with E-state index in [0.29, 0.717) is 12.2 Å². The molecule has 0 bridgehead atoms. The molecule has 1 heterocycles. The molecule has 0 unspecified atom stereocenters. The van der Waals surface area contributed by atoms with Crippen molar-refractivity contribution in [1.82, 2.24) is 4.98 Å². The second-order valence-electron chi connectivity index (χ2n) is 4.94. The SMILES string of the molecule is O=C(O)COc1ccc(CC=NNc2nc3ccccc3s2)cc1. The van der Waals surface area contributed by atoms with Crippen LogP contribution in [0.15, 0.2) is 53.6 Å². The minimum absolute atomic E-state index is 0.340. The Bertz CT molecular complexity index is 826. The second kappa shape index (κ2) is 7.56. The van der Waals surface area contributed by atoms with Gasteiger partial charge in [0.05, 0.1) is 10.2 Å². The van der Waals surface area contributed by atoms with Gasteiger partial charge in [-0.15, -0.1) is 0 Å². The van der Waals surface area contributed by atoms with Crippen LogP contribution in [-0.4, -0.2) is 28.9 Å². The molecule has 7 heteroatoms. The standard InChI is InChI=1S/C17H15N3O3S/c21-16(22)11-23-13-7-5-12(6-8-13)9-10-18-20-17-19-14-3-1-2-4-15(14)24-17/h1-8,10H,9,11H2,(H,19,20)(H,21,22). The minimum Gasteiger partial charge on any atom is -0.482 e. The summed E-state index contributed by atoms with van der Waals surface area (Å²) < 4.78 is 6.20. The fraction of sp³-hybridized carbons (Fsp3) is 0.118. The number of nitrogens with zero attached hydrogens (tertiary/aromatic N) is 2. The number of aliphatic carboxylic acids is 1. The van der Waals surface area contributed by atoms with E-state index in [0.717, 1.165) is 20.9 Å². The van der Waals surface area contributed by atoms with Crippen LogP contribution in [0.5, 0.6) is 5.75 Å². The van der Waals surface area contributed by atoms with Crippen molar-refractivity contribution in [3.05, 3.63) is 54.1 Å². The van der Waals surface area contributed by atoms with E-state index in [1.165, 1.54) is 0 Å². The summed E-state index contributed by atoms with van der Waals surface area (Å²) in [7, 11) is 0. The number of thiazole rings is 1. The summed E-state index contributed by atoms with van der Waals surface area (Å²) in [5.41, 5.74) is 4.94. The van der Waals surface area contributed by atoms with E-state index in [4.69, 9.17) is 9.84 Å². The maximum Gasteiger partial charge on any atom is 0.341 e. The molecular weight excluding hydrogens is 326 g/mol. The number of aromatic nitrogens is 1. The average Bonchev–Trinajstić information content (AvgIpc) is 3.00. The van der Waals surface area contributed by atoms with Gasteiger partial charge in [-0.1, -0.05) is 35.6 Å². The van der Waals surface area contributed by atoms with Gasteiger partial charge in [-0.3, -0.25) is 5.43 Å². The van der Waals surface area contributed by atoms with Gasteiger partial charge in [0.25, 0.3) is 0 Å². The highest BCUT2D eigenvalue weighted by Crippen LogP contribution is 2.25. The summed E-state index contributed by atoms with van der Waals surface area (Å²) in [5.74, 6) is -0.460. The largest absolute Gasteiger partial charge is 0.482 e. The first-order valence-electron chi connectivity index (χ1n) is 7.27. The van der Waals surface area contributed by atoms with Gasteiger partial charge in [0.2, 0.25) is 5.13 Å². The summed E-state index contributed by atoms with van der Waals surface area (Å²) in [5, 5.41) is 13.5. The molecule has 2 N–H and O–H groups in total. The van der Waals surface area contributed by atoms with Crippen LogP contribution in [0.3, 0.4) is 0 Å². The number of hydrogen-bond acceptors (Lipinski definition) is 6. The molecule has 0 saturated heterocycles. The third-order valence-electron chi connectivity index (χ3n) is 3.16. The number of para-hydroxylation sites is 1.